The summed E-state index contributed by atoms with van der Waals surface area (Å²) >= 11 is 5.76. The zero-order valence-corrected chi connectivity index (χ0v) is 9.95. The minimum Gasteiger partial charge on any atom is -0.368 e. The van der Waals surface area contributed by atoms with Crippen LogP contribution in [-0.4, -0.2) is 12.6 Å². The molecule has 2 rings (SSSR count). The van der Waals surface area contributed by atoms with Gasteiger partial charge in [0.2, 0.25) is 0 Å². The molecular formula is C13H15ClN2. The third kappa shape index (κ3) is 2.68. The van der Waals surface area contributed by atoms with Crippen LogP contribution in [0.15, 0.2) is 24.3 Å². The molecule has 1 aromatic rings. The Morgan fingerprint density at radius 3 is 2.50 bits per heavy atom. The van der Waals surface area contributed by atoms with Crippen molar-refractivity contribution in [2.45, 2.75) is 31.2 Å². The standard InChI is InChI=1S/C13H15ClN2/c14-10-11-2-4-12(5-3-11)16(9-1-8-15)13-6-7-13/h2-5,13H,1,6-7,9-10H2. The molecule has 0 bridgehead atoms. The molecule has 0 amide bonds. The number of rotatable bonds is 5. The Hall–Kier alpha value is -1.20. The molecular weight excluding hydrogens is 220 g/mol. The molecule has 0 heterocycles. The van der Waals surface area contributed by atoms with E-state index in [2.05, 4.69) is 35.2 Å². The highest BCUT2D eigenvalue weighted by Crippen LogP contribution is 2.31. The van der Waals surface area contributed by atoms with Crippen LogP contribution >= 0.6 is 11.6 Å². The Morgan fingerprint density at radius 1 is 1.31 bits per heavy atom. The fourth-order valence-corrected chi connectivity index (χ4v) is 2.03. The number of hydrogen-bond acceptors (Lipinski definition) is 2. The largest absolute Gasteiger partial charge is 0.368 e. The summed E-state index contributed by atoms with van der Waals surface area (Å²) in [5.41, 5.74) is 2.35. The van der Waals surface area contributed by atoms with Crippen LogP contribution in [0.3, 0.4) is 0 Å². The van der Waals surface area contributed by atoms with E-state index in [1.807, 2.05) is 0 Å². The SMILES string of the molecule is N#CCCN(c1ccc(CCl)cc1)C1CC1. The third-order valence-corrected chi connectivity index (χ3v) is 3.18. The molecule has 0 radical (unpaired) electrons. The second-order valence-electron chi connectivity index (χ2n) is 4.13. The van der Waals surface area contributed by atoms with Crippen molar-refractivity contribution < 1.29 is 0 Å². The van der Waals surface area contributed by atoms with E-state index in [0.717, 1.165) is 12.1 Å². The molecule has 0 aromatic heterocycles. The lowest BCUT2D eigenvalue weighted by atomic mass is 10.2. The van der Waals surface area contributed by atoms with Crippen molar-refractivity contribution in [1.29, 1.82) is 5.26 Å². The van der Waals surface area contributed by atoms with E-state index in [-0.39, 0.29) is 0 Å². The lowest BCUT2D eigenvalue weighted by Crippen LogP contribution is -2.26. The van der Waals surface area contributed by atoms with Crippen molar-refractivity contribution in [2.24, 2.45) is 0 Å². The zero-order valence-electron chi connectivity index (χ0n) is 9.19. The van der Waals surface area contributed by atoms with Gasteiger partial charge in [-0.3, -0.25) is 0 Å². The first-order valence-corrected chi connectivity index (χ1v) is 6.17. The summed E-state index contributed by atoms with van der Waals surface area (Å²) in [6.07, 6.45) is 3.10. The first kappa shape index (κ1) is 11.3. The Labute approximate surface area is 101 Å². The number of hydrogen-bond donors (Lipinski definition) is 0. The number of halogens is 1. The summed E-state index contributed by atoms with van der Waals surface area (Å²) in [7, 11) is 0. The van der Waals surface area contributed by atoms with E-state index in [1.54, 1.807) is 0 Å². The molecule has 1 aliphatic carbocycles. The predicted octanol–water partition coefficient (Wildman–Crippen LogP) is 3.31. The number of nitrogens with zero attached hydrogens (tertiary/aromatic N) is 2. The van der Waals surface area contributed by atoms with Gasteiger partial charge in [-0.2, -0.15) is 5.26 Å². The van der Waals surface area contributed by atoms with E-state index in [0.29, 0.717) is 18.3 Å². The van der Waals surface area contributed by atoms with E-state index in [9.17, 15) is 0 Å². The topological polar surface area (TPSA) is 27.0 Å². The number of benzene rings is 1. The first-order chi connectivity index (χ1) is 7.85. The van der Waals surface area contributed by atoms with Gasteiger partial charge in [-0.15, -0.1) is 11.6 Å². The van der Waals surface area contributed by atoms with Crippen LogP contribution in [-0.2, 0) is 5.88 Å². The summed E-state index contributed by atoms with van der Waals surface area (Å²) < 4.78 is 0. The minimum absolute atomic E-state index is 0.557. The summed E-state index contributed by atoms with van der Waals surface area (Å²) in [6, 6.07) is 11.2. The molecule has 0 aliphatic heterocycles. The summed E-state index contributed by atoms with van der Waals surface area (Å²) in [5.74, 6) is 0.557. The van der Waals surface area contributed by atoms with E-state index in [4.69, 9.17) is 16.9 Å². The van der Waals surface area contributed by atoms with Crippen LogP contribution in [0.25, 0.3) is 0 Å². The Balaban J connectivity index is 2.08. The van der Waals surface area contributed by atoms with Crippen LogP contribution in [0.2, 0.25) is 0 Å². The Morgan fingerprint density at radius 2 is 2.00 bits per heavy atom. The molecule has 1 saturated carbocycles. The van der Waals surface area contributed by atoms with Crippen LogP contribution in [0.1, 0.15) is 24.8 Å². The maximum Gasteiger partial charge on any atom is 0.0640 e. The Kier molecular flexibility index (Phi) is 3.69. The summed E-state index contributed by atoms with van der Waals surface area (Å²) in [5, 5.41) is 8.65. The lowest BCUT2D eigenvalue weighted by Gasteiger charge is -2.23. The van der Waals surface area contributed by atoms with Crippen molar-refractivity contribution in [3.05, 3.63) is 29.8 Å². The summed E-state index contributed by atoms with van der Waals surface area (Å²) in [6.45, 7) is 0.835. The van der Waals surface area contributed by atoms with Crippen molar-refractivity contribution in [3.63, 3.8) is 0 Å². The quantitative estimate of drug-likeness (QED) is 0.731. The van der Waals surface area contributed by atoms with Gasteiger partial charge in [-0.05, 0) is 30.5 Å². The normalized spacial score (nSPS) is 14.5. The van der Waals surface area contributed by atoms with Gasteiger partial charge in [0.15, 0.2) is 0 Å². The van der Waals surface area contributed by atoms with Gasteiger partial charge in [0.1, 0.15) is 0 Å². The molecule has 1 aliphatic rings. The number of anilines is 1. The molecule has 16 heavy (non-hydrogen) atoms. The zero-order chi connectivity index (χ0) is 11.4. The van der Waals surface area contributed by atoms with Crippen LogP contribution in [0.5, 0.6) is 0 Å². The molecule has 1 fully saturated rings. The number of nitriles is 1. The van der Waals surface area contributed by atoms with E-state index < -0.39 is 0 Å². The van der Waals surface area contributed by atoms with Gasteiger partial charge in [-0.1, -0.05) is 12.1 Å². The molecule has 0 unspecified atom stereocenters. The van der Waals surface area contributed by atoms with Crippen molar-refractivity contribution >= 4 is 17.3 Å². The van der Waals surface area contributed by atoms with Gasteiger partial charge >= 0.3 is 0 Å². The second kappa shape index (κ2) is 5.23. The molecule has 1 aromatic carbocycles. The third-order valence-electron chi connectivity index (χ3n) is 2.87. The van der Waals surface area contributed by atoms with Crippen LogP contribution < -0.4 is 4.90 Å². The molecule has 3 heteroatoms. The first-order valence-electron chi connectivity index (χ1n) is 5.63. The average molecular weight is 235 g/mol. The second-order valence-corrected chi connectivity index (χ2v) is 4.40. The van der Waals surface area contributed by atoms with Crippen molar-refractivity contribution in [2.75, 3.05) is 11.4 Å². The minimum atomic E-state index is 0.557. The highest BCUT2D eigenvalue weighted by atomic mass is 35.5. The highest BCUT2D eigenvalue weighted by molar-refractivity contribution is 6.17. The predicted molar refractivity (Wildman–Crippen MR) is 66.6 cm³/mol. The molecule has 84 valence electrons. The van der Waals surface area contributed by atoms with Crippen molar-refractivity contribution in [3.8, 4) is 6.07 Å². The van der Waals surface area contributed by atoms with Gasteiger partial charge in [0.05, 0.1) is 12.5 Å². The van der Waals surface area contributed by atoms with Gasteiger partial charge < -0.3 is 4.90 Å². The maximum atomic E-state index is 8.65. The van der Waals surface area contributed by atoms with E-state index >= 15 is 0 Å². The molecule has 0 N–H and O–H groups in total. The van der Waals surface area contributed by atoms with E-state index in [1.165, 1.54) is 18.5 Å². The maximum absolute atomic E-state index is 8.65. The monoisotopic (exact) mass is 234 g/mol. The molecule has 0 atom stereocenters. The lowest BCUT2D eigenvalue weighted by molar-refractivity contribution is 0.793. The van der Waals surface area contributed by atoms with Gasteiger partial charge in [0.25, 0.3) is 0 Å². The fraction of sp³-hybridized carbons (Fsp3) is 0.462. The van der Waals surface area contributed by atoms with Gasteiger partial charge in [0, 0.05) is 24.2 Å². The highest BCUT2D eigenvalue weighted by Gasteiger charge is 2.28. The van der Waals surface area contributed by atoms with Crippen LogP contribution in [0, 0.1) is 11.3 Å². The molecule has 0 saturated heterocycles. The molecule has 0 spiro atoms. The average Bonchev–Trinajstić information content (AvgIpc) is 3.15. The molecule has 2 nitrogen and oxygen atoms in total. The van der Waals surface area contributed by atoms with Crippen molar-refractivity contribution in [1.82, 2.24) is 0 Å². The van der Waals surface area contributed by atoms with Gasteiger partial charge in [-0.25, -0.2) is 0 Å². The number of alkyl halides is 1. The smallest absolute Gasteiger partial charge is 0.0640 e. The summed E-state index contributed by atoms with van der Waals surface area (Å²) in [4.78, 5) is 2.33. The Bertz CT molecular complexity index is 376. The van der Waals surface area contributed by atoms with Crippen LogP contribution in [0.4, 0.5) is 5.69 Å². The fourth-order valence-electron chi connectivity index (χ4n) is 1.86.